The van der Waals surface area contributed by atoms with Crippen molar-refractivity contribution in [1.29, 1.82) is 0 Å². The number of aromatic nitrogens is 4. The SMILES string of the molecule is CCCn1ncnc1Cn1cc(C(=O)O)cc1Br. The fraction of sp³-hybridized carbons (Fsp3) is 0.364. The first-order valence-electron chi connectivity index (χ1n) is 5.57. The van der Waals surface area contributed by atoms with Crippen LogP contribution in [0.5, 0.6) is 0 Å². The van der Waals surface area contributed by atoms with E-state index in [4.69, 9.17) is 5.11 Å². The molecule has 0 atom stereocenters. The predicted molar refractivity (Wildman–Crippen MR) is 68.5 cm³/mol. The molecule has 0 aliphatic heterocycles. The zero-order chi connectivity index (χ0) is 13.1. The molecule has 1 N–H and O–H groups in total. The Balaban J connectivity index is 2.23. The molecule has 2 rings (SSSR count). The second kappa shape index (κ2) is 5.34. The number of hydrogen-bond acceptors (Lipinski definition) is 3. The van der Waals surface area contributed by atoms with Crippen molar-refractivity contribution in [1.82, 2.24) is 19.3 Å². The Morgan fingerprint density at radius 2 is 2.33 bits per heavy atom. The van der Waals surface area contributed by atoms with Crippen LogP contribution in [-0.4, -0.2) is 30.4 Å². The molecule has 0 unspecified atom stereocenters. The highest BCUT2D eigenvalue weighted by Crippen LogP contribution is 2.16. The number of nitrogens with zero attached hydrogens (tertiary/aromatic N) is 4. The lowest BCUT2D eigenvalue weighted by molar-refractivity contribution is 0.0697. The van der Waals surface area contributed by atoms with Crippen molar-refractivity contribution in [3.63, 3.8) is 0 Å². The van der Waals surface area contributed by atoms with Gasteiger partial charge in [-0.2, -0.15) is 5.10 Å². The standard InChI is InChI=1S/C11H13BrN4O2/c1-2-3-16-10(13-7-14-16)6-15-5-8(11(17)18)4-9(15)12/h4-5,7H,2-3,6H2,1H3,(H,17,18). The van der Waals surface area contributed by atoms with Crippen LogP contribution in [0, 0.1) is 0 Å². The molecule has 0 saturated heterocycles. The number of carboxylic acids is 1. The van der Waals surface area contributed by atoms with Gasteiger partial charge in [0.2, 0.25) is 0 Å². The topological polar surface area (TPSA) is 72.9 Å². The highest BCUT2D eigenvalue weighted by atomic mass is 79.9. The number of hydrogen-bond donors (Lipinski definition) is 1. The number of aryl methyl sites for hydroxylation is 1. The first kappa shape index (κ1) is 12.8. The van der Waals surface area contributed by atoms with E-state index >= 15 is 0 Å². The minimum atomic E-state index is -0.940. The molecule has 0 aromatic carbocycles. The van der Waals surface area contributed by atoms with E-state index in [2.05, 4.69) is 32.9 Å². The van der Waals surface area contributed by atoms with Gasteiger partial charge >= 0.3 is 5.97 Å². The van der Waals surface area contributed by atoms with Crippen LogP contribution in [0.15, 0.2) is 23.2 Å². The molecular formula is C11H13BrN4O2. The number of halogens is 1. The largest absolute Gasteiger partial charge is 0.478 e. The number of aromatic carboxylic acids is 1. The van der Waals surface area contributed by atoms with E-state index in [9.17, 15) is 4.79 Å². The van der Waals surface area contributed by atoms with Gasteiger partial charge in [0.05, 0.1) is 16.7 Å². The Morgan fingerprint density at radius 1 is 1.56 bits per heavy atom. The molecule has 0 spiro atoms. The summed E-state index contributed by atoms with van der Waals surface area (Å²) in [6.45, 7) is 3.37. The van der Waals surface area contributed by atoms with Crippen LogP contribution in [-0.2, 0) is 13.1 Å². The Kier molecular flexibility index (Phi) is 3.81. The molecule has 0 amide bonds. The van der Waals surface area contributed by atoms with E-state index in [0.29, 0.717) is 11.1 Å². The normalized spacial score (nSPS) is 10.8. The van der Waals surface area contributed by atoms with Crippen molar-refractivity contribution >= 4 is 21.9 Å². The summed E-state index contributed by atoms with van der Waals surface area (Å²) in [5, 5.41) is 13.1. The molecule has 0 fully saturated rings. The van der Waals surface area contributed by atoms with Crippen LogP contribution in [0.25, 0.3) is 0 Å². The molecule has 7 heteroatoms. The minimum absolute atomic E-state index is 0.253. The van der Waals surface area contributed by atoms with Crippen molar-refractivity contribution in [3.8, 4) is 0 Å². The molecular weight excluding hydrogens is 300 g/mol. The van der Waals surface area contributed by atoms with Gasteiger partial charge in [-0.15, -0.1) is 0 Å². The highest BCUT2D eigenvalue weighted by Gasteiger charge is 2.11. The molecule has 0 saturated carbocycles. The summed E-state index contributed by atoms with van der Waals surface area (Å²) >= 11 is 3.34. The number of carboxylic acid groups (broad SMARTS) is 1. The molecule has 0 bridgehead atoms. The second-order valence-corrected chi connectivity index (χ2v) is 4.70. The first-order valence-corrected chi connectivity index (χ1v) is 6.36. The van der Waals surface area contributed by atoms with Crippen LogP contribution in [0.2, 0.25) is 0 Å². The van der Waals surface area contributed by atoms with E-state index in [1.807, 2.05) is 4.68 Å². The monoisotopic (exact) mass is 312 g/mol. The third-order valence-corrected chi connectivity index (χ3v) is 3.22. The Labute approximate surface area is 112 Å². The summed E-state index contributed by atoms with van der Waals surface area (Å²) in [6.07, 6.45) is 4.07. The van der Waals surface area contributed by atoms with E-state index in [-0.39, 0.29) is 5.56 Å². The van der Waals surface area contributed by atoms with Gasteiger partial charge in [0.1, 0.15) is 12.2 Å². The van der Waals surface area contributed by atoms with Crippen LogP contribution < -0.4 is 0 Å². The fourth-order valence-electron chi connectivity index (χ4n) is 1.68. The van der Waals surface area contributed by atoms with Crippen molar-refractivity contribution < 1.29 is 9.90 Å². The quantitative estimate of drug-likeness (QED) is 0.916. The van der Waals surface area contributed by atoms with Crippen molar-refractivity contribution in [2.45, 2.75) is 26.4 Å². The Morgan fingerprint density at radius 3 is 2.94 bits per heavy atom. The van der Waals surface area contributed by atoms with Gasteiger partial charge in [-0.3, -0.25) is 0 Å². The van der Waals surface area contributed by atoms with Gasteiger partial charge in [-0.1, -0.05) is 6.92 Å². The maximum Gasteiger partial charge on any atom is 0.337 e. The third kappa shape index (κ3) is 2.61. The third-order valence-electron chi connectivity index (χ3n) is 2.53. The summed E-state index contributed by atoms with van der Waals surface area (Å²) in [5.74, 6) is -0.130. The summed E-state index contributed by atoms with van der Waals surface area (Å²) in [5.41, 5.74) is 0.253. The van der Waals surface area contributed by atoms with Crippen LogP contribution in [0.1, 0.15) is 29.5 Å². The zero-order valence-corrected chi connectivity index (χ0v) is 11.5. The van der Waals surface area contributed by atoms with Crippen LogP contribution in [0.4, 0.5) is 0 Å². The van der Waals surface area contributed by atoms with E-state index in [1.54, 1.807) is 16.8 Å². The van der Waals surface area contributed by atoms with Gasteiger partial charge in [0.25, 0.3) is 0 Å². The van der Waals surface area contributed by atoms with Gasteiger partial charge in [0, 0.05) is 12.7 Å². The van der Waals surface area contributed by atoms with Crippen LogP contribution >= 0.6 is 15.9 Å². The van der Waals surface area contributed by atoms with E-state index < -0.39 is 5.97 Å². The maximum atomic E-state index is 10.9. The summed E-state index contributed by atoms with van der Waals surface area (Å²) < 4.78 is 4.33. The lowest BCUT2D eigenvalue weighted by atomic mass is 10.4. The highest BCUT2D eigenvalue weighted by molar-refractivity contribution is 9.10. The van der Waals surface area contributed by atoms with E-state index in [0.717, 1.165) is 18.8 Å². The Hall–Kier alpha value is -1.63. The van der Waals surface area contributed by atoms with Crippen LogP contribution in [0.3, 0.4) is 0 Å². The maximum absolute atomic E-state index is 10.9. The van der Waals surface area contributed by atoms with Crippen molar-refractivity contribution in [2.75, 3.05) is 0 Å². The van der Waals surface area contributed by atoms with Crippen molar-refractivity contribution in [3.05, 3.63) is 34.6 Å². The molecule has 0 aliphatic rings. The summed E-state index contributed by atoms with van der Waals surface area (Å²) in [6, 6.07) is 1.57. The summed E-state index contributed by atoms with van der Waals surface area (Å²) in [7, 11) is 0. The average Bonchev–Trinajstić information content (AvgIpc) is 2.89. The smallest absolute Gasteiger partial charge is 0.337 e. The molecule has 18 heavy (non-hydrogen) atoms. The van der Waals surface area contributed by atoms with Crippen molar-refractivity contribution in [2.24, 2.45) is 0 Å². The fourth-order valence-corrected chi connectivity index (χ4v) is 2.15. The molecule has 6 nitrogen and oxygen atoms in total. The summed E-state index contributed by atoms with van der Waals surface area (Å²) in [4.78, 5) is 15.1. The number of rotatable bonds is 5. The average molecular weight is 313 g/mol. The van der Waals surface area contributed by atoms with Gasteiger partial charge in [-0.05, 0) is 28.4 Å². The van der Waals surface area contributed by atoms with Gasteiger partial charge < -0.3 is 9.67 Å². The molecule has 0 aliphatic carbocycles. The molecule has 2 heterocycles. The molecule has 0 radical (unpaired) electrons. The Bertz CT molecular complexity index is 561. The first-order chi connectivity index (χ1) is 8.61. The lowest BCUT2D eigenvalue weighted by Crippen LogP contribution is -2.09. The van der Waals surface area contributed by atoms with E-state index in [1.165, 1.54) is 6.33 Å². The van der Waals surface area contributed by atoms with Gasteiger partial charge in [-0.25, -0.2) is 14.5 Å². The second-order valence-electron chi connectivity index (χ2n) is 3.88. The molecule has 96 valence electrons. The predicted octanol–water partition coefficient (Wildman–Crippen LogP) is 2.00. The molecule has 2 aromatic rings. The van der Waals surface area contributed by atoms with Gasteiger partial charge in [0.15, 0.2) is 0 Å². The molecule has 2 aromatic heterocycles. The minimum Gasteiger partial charge on any atom is -0.478 e. The lowest BCUT2D eigenvalue weighted by Gasteiger charge is -2.06. The zero-order valence-electron chi connectivity index (χ0n) is 9.88. The number of carbonyl (C=O) groups is 1.